The van der Waals surface area contributed by atoms with Crippen molar-refractivity contribution in [3.8, 4) is 0 Å². The van der Waals surface area contributed by atoms with E-state index in [-0.39, 0.29) is 5.91 Å². The van der Waals surface area contributed by atoms with Crippen LogP contribution in [0, 0.1) is 3.57 Å². The molecule has 0 spiro atoms. The van der Waals surface area contributed by atoms with Crippen molar-refractivity contribution in [3.63, 3.8) is 0 Å². The molecule has 1 amide bonds. The van der Waals surface area contributed by atoms with Gasteiger partial charge in [-0.05, 0) is 56.7 Å². The molecule has 0 atom stereocenters. The fourth-order valence-corrected chi connectivity index (χ4v) is 2.67. The van der Waals surface area contributed by atoms with E-state index in [1.54, 1.807) is 11.8 Å². The number of thioether (sulfide) groups is 1. The molecule has 0 saturated carbocycles. The summed E-state index contributed by atoms with van der Waals surface area (Å²) in [7, 11) is 0. The summed E-state index contributed by atoms with van der Waals surface area (Å²) in [5.74, 6) is 1.79. The van der Waals surface area contributed by atoms with E-state index in [1.165, 1.54) is 0 Å². The topological polar surface area (TPSA) is 29.1 Å². The Hall–Kier alpha value is -0.0100. The van der Waals surface area contributed by atoms with Crippen LogP contribution >= 0.6 is 50.3 Å². The highest BCUT2D eigenvalue weighted by molar-refractivity contribution is 14.1. The van der Waals surface area contributed by atoms with Gasteiger partial charge in [0.05, 0.1) is 5.56 Å². The maximum absolute atomic E-state index is 11.9. The highest BCUT2D eigenvalue weighted by atomic mass is 127. The van der Waals surface area contributed by atoms with E-state index in [0.29, 0.717) is 12.1 Å². The van der Waals surface area contributed by atoms with Gasteiger partial charge in [0, 0.05) is 26.1 Å². The Morgan fingerprint density at radius 1 is 1.59 bits per heavy atom. The van der Waals surface area contributed by atoms with Crippen molar-refractivity contribution in [2.45, 2.75) is 0 Å². The Labute approximate surface area is 128 Å². The zero-order chi connectivity index (χ0) is 12.7. The molecule has 0 bridgehead atoms. The van der Waals surface area contributed by atoms with Crippen LogP contribution in [-0.2, 0) is 0 Å². The summed E-state index contributed by atoms with van der Waals surface area (Å²) >= 11 is 7.33. The molecule has 5 heteroatoms. The second-order valence-corrected chi connectivity index (χ2v) is 6.49. The number of hydrogen-bond donors (Lipinski definition) is 1. The van der Waals surface area contributed by atoms with Gasteiger partial charge in [-0.1, -0.05) is 6.08 Å². The normalized spacial score (nSPS) is 10.0. The second kappa shape index (κ2) is 8.16. The molecule has 0 unspecified atom stereocenters. The lowest BCUT2D eigenvalue weighted by atomic mass is 10.2. The summed E-state index contributed by atoms with van der Waals surface area (Å²) in [5.41, 5.74) is 0.686. The summed E-state index contributed by atoms with van der Waals surface area (Å²) in [6.07, 6.45) is 1.86. The molecule has 1 N–H and O–H groups in total. The van der Waals surface area contributed by atoms with Crippen LogP contribution < -0.4 is 5.32 Å². The second-order valence-electron chi connectivity index (χ2n) is 3.24. The number of benzene rings is 1. The van der Waals surface area contributed by atoms with Crippen LogP contribution in [0.15, 0.2) is 35.3 Å². The zero-order valence-electron chi connectivity index (χ0n) is 9.21. The van der Waals surface area contributed by atoms with Crippen molar-refractivity contribution >= 4 is 56.2 Å². The van der Waals surface area contributed by atoms with E-state index in [0.717, 1.165) is 19.5 Å². The van der Waals surface area contributed by atoms with Crippen molar-refractivity contribution in [2.24, 2.45) is 0 Å². The molecule has 0 fully saturated rings. The third-order valence-corrected chi connectivity index (χ3v) is 4.27. The predicted octanol–water partition coefficient (Wildman–Crippen LogP) is 3.70. The van der Waals surface area contributed by atoms with E-state index in [1.807, 2.05) is 24.3 Å². The van der Waals surface area contributed by atoms with E-state index in [2.05, 4.69) is 50.4 Å². The number of rotatable bonds is 6. The number of carbonyl (C=O) groups is 1. The van der Waals surface area contributed by atoms with Crippen molar-refractivity contribution in [3.05, 3.63) is 44.5 Å². The fraction of sp³-hybridized carbons (Fsp3) is 0.250. The van der Waals surface area contributed by atoms with Gasteiger partial charge < -0.3 is 5.32 Å². The highest BCUT2D eigenvalue weighted by Crippen LogP contribution is 2.19. The van der Waals surface area contributed by atoms with E-state index in [4.69, 9.17) is 0 Å². The number of carbonyl (C=O) groups excluding carboxylic acids is 1. The molecule has 2 nitrogen and oxygen atoms in total. The van der Waals surface area contributed by atoms with Crippen molar-refractivity contribution in [1.29, 1.82) is 0 Å². The Morgan fingerprint density at radius 3 is 3.06 bits per heavy atom. The lowest BCUT2D eigenvalue weighted by Crippen LogP contribution is -2.26. The van der Waals surface area contributed by atoms with Gasteiger partial charge in [0.15, 0.2) is 0 Å². The number of nitrogens with one attached hydrogen (secondary N) is 1. The van der Waals surface area contributed by atoms with E-state index >= 15 is 0 Å². The molecule has 1 aromatic rings. The first kappa shape index (κ1) is 15.0. The zero-order valence-corrected chi connectivity index (χ0v) is 13.8. The van der Waals surface area contributed by atoms with Gasteiger partial charge in [0.1, 0.15) is 0 Å². The molecule has 0 radical (unpaired) electrons. The highest BCUT2D eigenvalue weighted by Gasteiger charge is 2.09. The quantitative estimate of drug-likeness (QED) is 0.427. The first-order valence-corrected chi connectivity index (χ1v) is 8.09. The summed E-state index contributed by atoms with van der Waals surface area (Å²) in [6, 6.07) is 5.72. The van der Waals surface area contributed by atoms with E-state index in [9.17, 15) is 4.79 Å². The SMILES string of the molecule is C=CCSCCNC(=O)c1cc(I)ccc1Br. The van der Waals surface area contributed by atoms with Gasteiger partial charge >= 0.3 is 0 Å². The van der Waals surface area contributed by atoms with Gasteiger partial charge in [0.2, 0.25) is 0 Å². The summed E-state index contributed by atoms with van der Waals surface area (Å²) in [5, 5.41) is 2.90. The molecule has 0 aliphatic heterocycles. The third kappa shape index (κ3) is 5.44. The van der Waals surface area contributed by atoms with Crippen LogP contribution in [0.5, 0.6) is 0 Å². The minimum Gasteiger partial charge on any atom is -0.351 e. The third-order valence-electron chi connectivity index (χ3n) is 1.94. The first-order valence-electron chi connectivity index (χ1n) is 5.07. The molecule has 0 aliphatic carbocycles. The monoisotopic (exact) mass is 425 g/mol. The number of amides is 1. The molecule has 1 aromatic carbocycles. The number of halogens is 2. The summed E-state index contributed by atoms with van der Waals surface area (Å²) in [4.78, 5) is 11.9. The van der Waals surface area contributed by atoms with Crippen LogP contribution in [0.4, 0.5) is 0 Å². The average Bonchev–Trinajstić information content (AvgIpc) is 2.32. The average molecular weight is 426 g/mol. The van der Waals surface area contributed by atoms with Crippen LogP contribution in [0.3, 0.4) is 0 Å². The van der Waals surface area contributed by atoms with Gasteiger partial charge in [-0.2, -0.15) is 11.8 Å². The summed E-state index contributed by atoms with van der Waals surface area (Å²) < 4.78 is 1.88. The van der Waals surface area contributed by atoms with Crippen molar-refractivity contribution in [2.75, 3.05) is 18.1 Å². The van der Waals surface area contributed by atoms with Gasteiger partial charge in [0.25, 0.3) is 5.91 Å². The maximum atomic E-state index is 11.9. The Balaban J connectivity index is 2.46. The van der Waals surface area contributed by atoms with Crippen molar-refractivity contribution < 1.29 is 4.79 Å². The molecular weight excluding hydrogens is 413 g/mol. The minimum absolute atomic E-state index is 0.0328. The minimum atomic E-state index is -0.0328. The Bertz CT molecular complexity index is 411. The van der Waals surface area contributed by atoms with Crippen LogP contribution in [0.1, 0.15) is 10.4 Å². The lowest BCUT2D eigenvalue weighted by molar-refractivity contribution is 0.0955. The number of hydrogen-bond acceptors (Lipinski definition) is 2. The molecular formula is C12H13BrINOS. The Morgan fingerprint density at radius 2 is 2.35 bits per heavy atom. The van der Waals surface area contributed by atoms with Crippen LogP contribution in [0.25, 0.3) is 0 Å². The smallest absolute Gasteiger partial charge is 0.252 e. The molecule has 0 heterocycles. The van der Waals surface area contributed by atoms with Gasteiger partial charge in [-0.25, -0.2) is 0 Å². The molecule has 92 valence electrons. The lowest BCUT2D eigenvalue weighted by Gasteiger charge is -2.06. The standard InChI is InChI=1S/C12H13BrINOS/c1-2-6-17-7-5-15-12(16)10-8-9(14)3-4-11(10)13/h2-4,8H,1,5-7H2,(H,15,16). The van der Waals surface area contributed by atoms with Crippen molar-refractivity contribution in [1.82, 2.24) is 5.32 Å². The van der Waals surface area contributed by atoms with Gasteiger partial charge in [-0.3, -0.25) is 4.79 Å². The van der Waals surface area contributed by atoms with Gasteiger partial charge in [-0.15, -0.1) is 6.58 Å². The molecule has 0 aliphatic rings. The fourth-order valence-electron chi connectivity index (χ4n) is 1.17. The predicted molar refractivity (Wildman–Crippen MR) is 86.7 cm³/mol. The van der Waals surface area contributed by atoms with Crippen LogP contribution in [0.2, 0.25) is 0 Å². The largest absolute Gasteiger partial charge is 0.351 e. The first-order chi connectivity index (χ1) is 8.15. The Kier molecular flexibility index (Phi) is 7.22. The maximum Gasteiger partial charge on any atom is 0.252 e. The molecule has 1 rings (SSSR count). The molecule has 17 heavy (non-hydrogen) atoms. The molecule has 0 saturated heterocycles. The van der Waals surface area contributed by atoms with E-state index < -0.39 is 0 Å². The molecule has 0 aromatic heterocycles. The van der Waals surface area contributed by atoms with Crippen LogP contribution in [-0.4, -0.2) is 24.0 Å². The summed E-state index contributed by atoms with van der Waals surface area (Å²) in [6.45, 7) is 4.32.